The van der Waals surface area contributed by atoms with Crippen molar-refractivity contribution in [1.82, 2.24) is 19.7 Å². The Labute approximate surface area is 213 Å². The molecule has 0 aliphatic rings. The summed E-state index contributed by atoms with van der Waals surface area (Å²) in [5, 5.41) is 9.32. The van der Waals surface area contributed by atoms with E-state index in [-0.39, 0.29) is 0 Å². The number of nitrogens with one attached hydrogen (secondary N) is 1. The zero-order chi connectivity index (χ0) is 25.1. The van der Waals surface area contributed by atoms with Gasteiger partial charge in [0.05, 0.1) is 31.0 Å². The van der Waals surface area contributed by atoms with Crippen LogP contribution in [0.25, 0.3) is 28.0 Å². The first-order chi connectivity index (χ1) is 17.6. The molecular formula is C27H25ClN6O2. The number of nitrogen functional groups attached to an aromatic ring is 1. The van der Waals surface area contributed by atoms with Crippen LogP contribution in [0.5, 0.6) is 11.5 Å². The first-order valence-electron chi connectivity index (χ1n) is 11.4. The Morgan fingerprint density at radius 3 is 2.39 bits per heavy atom. The van der Waals surface area contributed by atoms with E-state index in [2.05, 4.69) is 10.3 Å². The van der Waals surface area contributed by atoms with E-state index in [1.807, 2.05) is 60.7 Å². The summed E-state index contributed by atoms with van der Waals surface area (Å²) in [6, 6.07) is 23.0. The van der Waals surface area contributed by atoms with Crippen LogP contribution in [0.3, 0.4) is 0 Å². The molecule has 0 radical (unpaired) electrons. The molecule has 0 aliphatic carbocycles. The third-order valence-corrected chi connectivity index (χ3v) is 6.11. The molecule has 0 saturated heterocycles. The van der Waals surface area contributed by atoms with Gasteiger partial charge >= 0.3 is 0 Å². The predicted molar refractivity (Wildman–Crippen MR) is 143 cm³/mol. The van der Waals surface area contributed by atoms with Gasteiger partial charge in [0, 0.05) is 17.1 Å². The van der Waals surface area contributed by atoms with Crippen LogP contribution in [0.4, 0.5) is 11.8 Å². The lowest BCUT2D eigenvalue weighted by atomic mass is 10.1. The quantitative estimate of drug-likeness (QED) is 0.294. The fourth-order valence-corrected chi connectivity index (χ4v) is 4.14. The number of rotatable bonds is 8. The van der Waals surface area contributed by atoms with Crippen molar-refractivity contribution in [3.05, 3.63) is 83.4 Å². The number of para-hydroxylation sites is 1. The summed E-state index contributed by atoms with van der Waals surface area (Å²) in [7, 11) is 3.29. The molecule has 0 unspecified atom stereocenters. The molecule has 0 bridgehead atoms. The molecule has 0 atom stereocenters. The molecule has 0 fully saturated rings. The van der Waals surface area contributed by atoms with Crippen molar-refractivity contribution in [3.63, 3.8) is 0 Å². The third-order valence-electron chi connectivity index (χ3n) is 5.86. The minimum atomic E-state index is 0.429. The number of aromatic nitrogens is 4. The predicted octanol–water partition coefficient (Wildman–Crippen LogP) is 5.39. The Hall–Kier alpha value is -4.30. The van der Waals surface area contributed by atoms with E-state index in [9.17, 15) is 0 Å². The second kappa shape index (κ2) is 10.1. The summed E-state index contributed by atoms with van der Waals surface area (Å²) in [4.78, 5) is 9.52. The van der Waals surface area contributed by atoms with Gasteiger partial charge in [-0.25, -0.2) is 9.67 Å². The van der Waals surface area contributed by atoms with Gasteiger partial charge in [0.2, 0.25) is 5.95 Å². The first kappa shape index (κ1) is 23.4. The molecule has 9 heteroatoms. The molecule has 0 spiro atoms. The molecule has 182 valence electrons. The molecule has 5 rings (SSSR count). The maximum absolute atomic E-state index is 6.60. The number of halogens is 1. The molecular weight excluding hydrogens is 476 g/mol. The number of hydrogen-bond acceptors (Lipinski definition) is 7. The fourth-order valence-electron chi connectivity index (χ4n) is 4.02. The van der Waals surface area contributed by atoms with Gasteiger partial charge in [0.25, 0.3) is 0 Å². The Morgan fingerprint density at radius 2 is 1.67 bits per heavy atom. The lowest BCUT2D eigenvalue weighted by molar-refractivity contribution is 0.414. The minimum Gasteiger partial charge on any atom is -0.497 e. The van der Waals surface area contributed by atoms with Gasteiger partial charge in [0.1, 0.15) is 17.3 Å². The second-order valence-electron chi connectivity index (χ2n) is 8.09. The van der Waals surface area contributed by atoms with Gasteiger partial charge < -0.3 is 20.5 Å². The molecule has 2 heterocycles. The van der Waals surface area contributed by atoms with Gasteiger partial charge in [-0.1, -0.05) is 35.9 Å². The highest BCUT2D eigenvalue weighted by atomic mass is 35.5. The number of nitrogens with zero attached hydrogens (tertiary/aromatic N) is 4. The molecule has 36 heavy (non-hydrogen) atoms. The van der Waals surface area contributed by atoms with Crippen LogP contribution in [0.15, 0.2) is 72.8 Å². The number of benzene rings is 3. The maximum atomic E-state index is 6.60. The van der Waals surface area contributed by atoms with Crippen LogP contribution in [-0.4, -0.2) is 40.5 Å². The molecule has 8 nitrogen and oxygen atoms in total. The van der Waals surface area contributed by atoms with Crippen molar-refractivity contribution in [2.24, 2.45) is 0 Å². The minimum absolute atomic E-state index is 0.429. The van der Waals surface area contributed by atoms with E-state index in [0.29, 0.717) is 45.8 Å². The zero-order valence-electron chi connectivity index (χ0n) is 19.9. The summed E-state index contributed by atoms with van der Waals surface area (Å²) in [5.74, 6) is 2.40. The number of ether oxygens (including phenoxy) is 2. The molecule has 2 aromatic heterocycles. The van der Waals surface area contributed by atoms with E-state index in [1.54, 1.807) is 31.0 Å². The van der Waals surface area contributed by atoms with Crippen LogP contribution in [0.2, 0.25) is 5.02 Å². The Morgan fingerprint density at radius 1 is 0.917 bits per heavy atom. The first-order valence-corrected chi connectivity index (χ1v) is 11.8. The van der Waals surface area contributed by atoms with Gasteiger partial charge in [-0.2, -0.15) is 4.98 Å². The summed E-state index contributed by atoms with van der Waals surface area (Å²) in [5.41, 5.74) is 10.5. The topological polar surface area (TPSA) is 100 Å². The number of fused-ring (bicyclic) bond motifs is 1. The average molecular weight is 501 g/mol. The highest BCUT2D eigenvalue weighted by molar-refractivity contribution is 6.30. The SMILES string of the molecule is COc1ccc(CCNc2nc(-c3ccccc3OC)c3c(N)n(-c4ccc(Cl)cc4)nc3n2)cc1. The second-order valence-corrected chi connectivity index (χ2v) is 8.53. The van der Waals surface area contributed by atoms with Crippen LogP contribution >= 0.6 is 11.6 Å². The Kier molecular flexibility index (Phi) is 6.60. The van der Waals surface area contributed by atoms with Crippen molar-refractivity contribution in [3.8, 4) is 28.4 Å². The fraction of sp³-hybridized carbons (Fsp3) is 0.148. The lowest BCUT2D eigenvalue weighted by Crippen LogP contribution is -2.09. The van der Waals surface area contributed by atoms with Crippen LogP contribution in [0.1, 0.15) is 5.56 Å². The molecule has 0 amide bonds. The van der Waals surface area contributed by atoms with Crippen LogP contribution in [0, 0.1) is 0 Å². The Bertz CT molecular complexity index is 1500. The van der Waals surface area contributed by atoms with Crippen molar-refractivity contribution < 1.29 is 9.47 Å². The number of anilines is 2. The van der Waals surface area contributed by atoms with Gasteiger partial charge in [-0.3, -0.25) is 0 Å². The third kappa shape index (κ3) is 4.63. The van der Waals surface area contributed by atoms with E-state index >= 15 is 0 Å². The van der Waals surface area contributed by atoms with E-state index in [1.165, 1.54) is 5.56 Å². The van der Waals surface area contributed by atoms with E-state index in [4.69, 9.17) is 36.9 Å². The van der Waals surface area contributed by atoms with Gasteiger partial charge in [-0.05, 0) is 60.5 Å². The van der Waals surface area contributed by atoms with Gasteiger partial charge in [0.15, 0.2) is 5.65 Å². The van der Waals surface area contributed by atoms with Crippen molar-refractivity contribution in [2.45, 2.75) is 6.42 Å². The summed E-state index contributed by atoms with van der Waals surface area (Å²) >= 11 is 6.07. The monoisotopic (exact) mass is 500 g/mol. The van der Waals surface area contributed by atoms with Crippen molar-refractivity contribution >= 4 is 34.4 Å². The Balaban J connectivity index is 1.55. The van der Waals surface area contributed by atoms with E-state index in [0.717, 1.165) is 23.4 Å². The van der Waals surface area contributed by atoms with Crippen LogP contribution in [-0.2, 0) is 6.42 Å². The summed E-state index contributed by atoms with van der Waals surface area (Å²) in [6.45, 7) is 0.635. The van der Waals surface area contributed by atoms with Crippen LogP contribution < -0.4 is 20.5 Å². The largest absolute Gasteiger partial charge is 0.497 e. The van der Waals surface area contributed by atoms with Crippen molar-refractivity contribution in [1.29, 1.82) is 0 Å². The molecule has 3 aromatic carbocycles. The standard InChI is InChI=1S/C27H25ClN6O2/c1-35-20-13-7-17(8-14-20)15-16-30-27-31-24(21-5-3-4-6-22(21)36-2)23-25(29)34(33-26(23)32-27)19-11-9-18(28)10-12-19/h3-14H,15-16,29H2,1-2H3,(H,30,32,33). The van der Waals surface area contributed by atoms with Crippen molar-refractivity contribution in [2.75, 3.05) is 31.8 Å². The molecule has 3 N–H and O–H groups in total. The van der Waals surface area contributed by atoms with Gasteiger partial charge in [-0.15, -0.1) is 5.10 Å². The smallest absolute Gasteiger partial charge is 0.225 e. The molecule has 0 aliphatic heterocycles. The number of hydrogen-bond donors (Lipinski definition) is 2. The highest BCUT2D eigenvalue weighted by Crippen LogP contribution is 2.37. The number of nitrogens with two attached hydrogens (primary N) is 1. The molecule has 0 saturated carbocycles. The zero-order valence-corrected chi connectivity index (χ0v) is 20.7. The highest BCUT2D eigenvalue weighted by Gasteiger charge is 2.21. The average Bonchev–Trinajstić information content (AvgIpc) is 3.25. The normalized spacial score (nSPS) is 11.0. The summed E-state index contributed by atoms with van der Waals surface area (Å²) in [6.07, 6.45) is 0.788. The lowest BCUT2D eigenvalue weighted by Gasteiger charge is -2.11. The summed E-state index contributed by atoms with van der Waals surface area (Å²) < 4.78 is 12.5. The van der Waals surface area contributed by atoms with E-state index < -0.39 is 0 Å². The number of methoxy groups -OCH3 is 2. The maximum Gasteiger partial charge on any atom is 0.225 e. The molecule has 5 aromatic rings.